The Kier molecular flexibility index (Phi) is 10.1. The second kappa shape index (κ2) is 12.3. The number of hydrogen-bond acceptors (Lipinski definition) is 5. The third-order valence-electron chi connectivity index (χ3n) is 4.08. The van der Waals surface area contributed by atoms with Crippen LogP contribution in [-0.2, 0) is 6.18 Å². The van der Waals surface area contributed by atoms with Crippen molar-refractivity contribution in [3.8, 4) is 11.5 Å². The smallest absolute Gasteiger partial charge is 0.416 e. The van der Waals surface area contributed by atoms with E-state index in [0.717, 1.165) is 6.07 Å². The van der Waals surface area contributed by atoms with E-state index in [1.807, 2.05) is 0 Å². The van der Waals surface area contributed by atoms with Gasteiger partial charge in [-0.15, -0.1) is 0 Å². The fraction of sp³-hybridized carbons (Fsp3) is 0.250. The molecule has 14 heteroatoms. The highest BCUT2D eigenvalue weighted by Gasteiger charge is 2.34. The fourth-order valence-corrected chi connectivity index (χ4v) is 3.26. The van der Waals surface area contributed by atoms with Gasteiger partial charge < -0.3 is 14.8 Å². The van der Waals surface area contributed by atoms with E-state index in [4.69, 9.17) is 55.9 Å². The van der Waals surface area contributed by atoms with Crippen LogP contribution in [0.4, 0.5) is 18.9 Å². The molecule has 0 heterocycles. The molecule has 0 fully saturated rings. The van der Waals surface area contributed by atoms with Crippen molar-refractivity contribution in [3.05, 3.63) is 72.2 Å². The minimum absolute atomic E-state index is 0.0129. The van der Waals surface area contributed by atoms with Gasteiger partial charge in [0, 0.05) is 24.7 Å². The van der Waals surface area contributed by atoms with Gasteiger partial charge >= 0.3 is 6.18 Å². The number of carbonyl (C=O) groups is 1. The van der Waals surface area contributed by atoms with E-state index >= 15 is 0 Å². The van der Waals surface area contributed by atoms with Crippen molar-refractivity contribution < 1.29 is 32.4 Å². The van der Waals surface area contributed by atoms with E-state index in [2.05, 4.69) is 5.32 Å². The van der Waals surface area contributed by atoms with Gasteiger partial charge in [-0.3, -0.25) is 14.9 Å². The number of nitro benzene ring substituents is 1. The van der Waals surface area contributed by atoms with Gasteiger partial charge in [0.2, 0.25) is 0 Å². The van der Waals surface area contributed by atoms with Crippen molar-refractivity contribution in [2.45, 2.75) is 12.6 Å². The molecule has 0 aliphatic carbocycles. The number of nitrogens with zero attached hydrogens (tertiary/aromatic N) is 1. The summed E-state index contributed by atoms with van der Waals surface area (Å²) < 4.78 is 49.3. The van der Waals surface area contributed by atoms with Crippen LogP contribution in [0.1, 0.15) is 22.3 Å². The summed E-state index contributed by atoms with van der Waals surface area (Å²) in [7, 11) is 0. The van der Waals surface area contributed by atoms with E-state index in [0.29, 0.717) is 17.9 Å². The standard InChI is InChI=1S/C20H15Cl4F3N2O5/c21-14-9-12(33-7-4-17(23)24)10-15(22)18(14)34-6-1-5-28-19(30)13-3-2-11(20(25,26)27)8-16(13)29(31)32/h2-4,8-10H,1,5-7H2,(H,28,30). The predicted octanol–water partition coefficient (Wildman–Crippen LogP) is 6.82. The van der Waals surface area contributed by atoms with E-state index in [9.17, 15) is 28.1 Å². The second-order valence-corrected chi connectivity index (χ2v) is 8.29. The Balaban J connectivity index is 1.91. The lowest BCUT2D eigenvalue weighted by Crippen LogP contribution is -2.26. The van der Waals surface area contributed by atoms with Gasteiger partial charge in [0.1, 0.15) is 22.4 Å². The van der Waals surface area contributed by atoms with Gasteiger partial charge in [0.05, 0.1) is 27.1 Å². The molecular formula is C20H15Cl4F3N2O5. The van der Waals surface area contributed by atoms with Gasteiger partial charge in [-0.25, -0.2) is 0 Å². The molecular weight excluding hydrogens is 547 g/mol. The molecule has 2 aromatic carbocycles. The average molecular weight is 562 g/mol. The predicted molar refractivity (Wildman–Crippen MR) is 122 cm³/mol. The normalized spacial score (nSPS) is 11.0. The van der Waals surface area contributed by atoms with Gasteiger partial charge in [0.15, 0.2) is 5.75 Å². The lowest BCUT2D eigenvalue weighted by molar-refractivity contribution is -0.385. The number of nitrogens with one attached hydrogen (secondary N) is 1. The Morgan fingerprint density at radius 2 is 1.76 bits per heavy atom. The molecule has 184 valence electrons. The number of hydrogen-bond donors (Lipinski definition) is 1. The molecule has 1 amide bonds. The zero-order valence-electron chi connectivity index (χ0n) is 16.9. The number of amides is 1. The molecule has 2 aromatic rings. The maximum Gasteiger partial charge on any atom is 0.416 e. The number of nitro groups is 1. The number of alkyl halides is 3. The second-order valence-electron chi connectivity index (χ2n) is 6.47. The van der Waals surface area contributed by atoms with Gasteiger partial charge in [-0.05, 0) is 24.6 Å². The highest BCUT2D eigenvalue weighted by molar-refractivity contribution is 6.55. The molecule has 34 heavy (non-hydrogen) atoms. The highest BCUT2D eigenvalue weighted by atomic mass is 35.5. The van der Waals surface area contributed by atoms with Gasteiger partial charge in [-0.1, -0.05) is 46.4 Å². The Bertz CT molecular complexity index is 1070. The molecule has 0 spiro atoms. The fourth-order valence-electron chi connectivity index (χ4n) is 2.55. The quantitative estimate of drug-likeness (QED) is 0.195. The molecule has 0 saturated heterocycles. The number of rotatable bonds is 10. The first-order valence-electron chi connectivity index (χ1n) is 9.29. The van der Waals surface area contributed by atoms with E-state index < -0.39 is 33.8 Å². The van der Waals surface area contributed by atoms with E-state index in [1.165, 1.54) is 18.2 Å². The van der Waals surface area contributed by atoms with Crippen molar-refractivity contribution in [2.24, 2.45) is 0 Å². The maximum atomic E-state index is 12.8. The van der Waals surface area contributed by atoms with E-state index in [-0.39, 0.29) is 46.5 Å². The summed E-state index contributed by atoms with van der Waals surface area (Å²) >= 11 is 23.3. The zero-order valence-corrected chi connectivity index (χ0v) is 20.0. The summed E-state index contributed by atoms with van der Waals surface area (Å²) in [6.45, 7) is 0.157. The maximum absolute atomic E-state index is 12.8. The SMILES string of the molecule is O=C(NCCCOc1c(Cl)cc(OCC=C(Cl)Cl)cc1Cl)c1ccc(C(F)(F)F)cc1[N+](=O)[O-]. The zero-order chi connectivity index (χ0) is 25.5. The molecule has 0 aliphatic rings. The summed E-state index contributed by atoms with van der Waals surface area (Å²) in [5.41, 5.74) is -2.67. The van der Waals surface area contributed by atoms with Crippen LogP contribution < -0.4 is 14.8 Å². The first-order valence-corrected chi connectivity index (χ1v) is 10.8. The Morgan fingerprint density at radius 3 is 2.32 bits per heavy atom. The molecule has 0 unspecified atom stereocenters. The van der Waals surface area contributed by atoms with Crippen LogP contribution in [0.25, 0.3) is 0 Å². The lowest BCUT2D eigenvalue weighted by Gasteiger charge is -2.13. The van der Waals surface area contributed by atoms with Gasteiger partial charge in [-0.2, -0.15) is 13.2 Å². The summed E-state index contributed by atoms with van der Waals surface area (Å²) in [5.74, 6) is -0.381. The minimum atomic E-state index is -4.78. The largest absolute Gasteiger partial charge is 0.490 e. The van der Waals surface area contributed by atoms with Crippen LogP contribution in [0.3, 0.4) is 0 Å². The summed E-state index contributed by atoms with van der Waals surface area (Å²) in [6.07, 6.45) is -3.12. The number of ether oxygens (including phenoxy) is 2. The molecule has 1 N–H and O–H groups in total. The summed E-state index contributed by atoms with van der Waals surface area (Å²) in [5, 5.41) is 13.8. The highest BCUT2D eigenvalue weighted by Crippen LogP contribution is 2.37. The third kappa shape index (κ3) is 8.12. The molecule has 0 saturated carbocycles. The molecule has 0 atom stereocenters. The van der Waals surface area contributed by atoms with E-state index in [1.54, 1.807) is 0 Å². The lowest BCUT2D eigenvalue weighted by atomic mass is 10.1. The van der Waals surface area contributed by atoms with Crippen LogP contribution >= 0.6 is 46.4 Å². The molecule has 7 nitrogen and oxygen atoms in total. The number of halogens is 7. The van der Waals surface area contributed by atoms with Crippen LogP contribution in [-0.4, -0.2) is 30.6 Å². The summed E-state index contributed by atoms with van der Waals surface area (Å²) in [4.78, 5) is 22.3. The van der Waals surface area contributed by atoms with Gasteiger partial charge in [0.25, 0.3) is 11.6 Å². The number of carbonyl (C=O) groups excluding carboxylic acids is 1. The molecule has 2 rings (SSSR count). The van der Waals surface area contributed by atoms with Crippen molar-refractivity contribution >= 4 is 58.0 Å². The van der Waals surface area contributed by atoms with Crippen LogP contribution in [0.5, 0.6) is 11.5 Å². The molecule has 0 aromatic heterocycles. The first kappa shape index (κ1) is 27.8. The average Bonchev–Trinajstić information content (AvgIpc) is 2.73. The van der Waals surface area contributed by atoms with Crippen molar-refractivity contribution in [3.63, 3.8) is 0 Å². The molecule has 0 bridgehead atoms. The first-order chi connectivity index (χ1) is 15.9. The molecule has 0 aliphatic heterocycles. The third-order valence-corrected chi connectivity index (χ3v) is 4.95. The molecule has 0 radical (unpaired) electrons. The van der Waals surface area contributed by atoms with Crippen molar-refractivity contribution in [2.75, 3.05) is 19.8 Å². The van der Waals surface area contributed by atoms with Crippen LogP contribution in [0.15, 0.2) is 40.9 Å². The summed E-state index contributed by atoms with van der Waals surface area (Å²) in [6, 6.07) is 4.60. The number of benzene rings is 2. The van der Waals surface area contributed by atoms with Crippen molar-refractivity contribution in [1.29, 1.82) is 0 Å². The minimum Gasteiger partial charge on any atom is -0.490 e. The Hall–Kier alpha value is -2.40. The van der Waals surface area contributed by atoms with Crippen molar-refractivity contribution in [1.82, 2.24) is 5.32 Å². The van der Waals surface area contributed by atoms with Crippen LogP contribution in [0.2, 0.25) is 10.0 Å². The topological polar surface area (TPSA) is 90.7 Å². The van der Waals surface area contributed by atoms with Crippen LogP contribution in [0, 0.1) is 10.1 Å². The Morgan fingerprint density at radius 1 is 1.12 bits per heavy atom. The Labute approximate surface area is 211 Å². The monoisotopic (exact) mass is 560 g/mol.